The number of carboxylic acid groups (broad SMARTS) is 1. The summed E-state index contributed by atoms with van der Waals surface area (Å²) in [7, 11) is 3.88. The van der Waals surface area contributed by atoms with Gasteiger partial charge < -0.3 is 14.6 Å². The van der Waals surface area contributed by atoms with Gasteiger partial charge in [-0.25, -0.2) is 9.37 Å². The second-order valence-corrected chi connectivity index (χ2v) is 6.14. The number of fused-ring (bicyclic) bond motifs is 1. The molecule has 1 aromatic carbocycles. The van der Waals surface area contributed by atoms with Crippen molar-refractivity contribution in [2.75, 3.05) is 26.4 Å². The lowest BCUT2D eigenvalue weighted by molar-refractivity contribution is -0.133. The average molecular weight is 332 g/mol. The van der Waals surface area contributed by atoms with Crippen LogP contribution in [0.4, 0.5) is 4.39 Å². The van der Waals surface area contributed by atoms with Crippen molar-refractivity contribution in [1.29, 1.82) is 0 Å². The summed E-state index contributed by atoms with van der Waals surface area (Å²) in [6.07, 6.45) is 0. The van der Waals surface area contributed by atoms with Gasteiger partial charge >= 0.3 is 5.97 Å². The molecular weight excluding hydrogens is 317 g/mol. The zero-order valence-corrected chi connectivity index (χ0v) is 13.2. The maximum Gasteiger partial charge on any atom is 0.313 e. The van der Waals surface area contributed by atoms with Gasteiger partial charge in [0.05, 0.1) is 21.8 Å². The molecule has 0 spiro atoms. The third-order valence-corrected chi connectivity index (χ3v) is 4.10. The monoisotopic (exact) mass is 331 g/mol. The number of thioether (sulfide) groups is 1. The zero-order valence-electron chi connectivity index (χ0n) is 11.6. The first-order valence-electron chi connectivity index (χ1n) is 6.23. The van der Waals surface area contributed by atoms with Crippen molar-refractivity contribution < 1.29 is 14.3 Å². The van der Waals surface area contributed by atoms with E-state index < -0.39 is 11.8 Å². The Morgan fingerprint density at radius 3 is 2.86 bits per heavy atom. The van der Waals surface area contributed by atoms with E-state index in [4.69, 9.17) is 16.7 Å². The molecule has 0 aliphatic heterocycles. The van der Waals surface area contributed by atoms with Crippen LogP contribution in [0.15, 0.2) is 17.3 Å². The van der Waals surface area contributed by atoms with E-state index in [0.29, 0.717) is 22.7 Å². The second-order valence-electron chi connectivity index (χ2n) is 4.79. The van der Waals surface area contributed by atoms with E-state index in [1.165, 1.54) is 12.1 Å². The maximum absolute atomic E-state index is 13.5. The molecule has 5 nitrogen and oxygen atoms in total. The topological polar surface area (TPSA) is 58.4 Å². The molecule has 0 fully saturated rings. The number of likely N-dealkylation sites (N-methyl/N-ethyl adjacent to an activating group) is 1. The Kier molecular flexibility index (Phi) is 5.08. The molecule has 0 unspecified atom stereocenters. The molecule has 0 amide bonds. The number of aromatic nitrogens is 2. The zero-order chi connectivity index (χ0) is 15.6. The van der Waals surface area contributed by atoms with Gasteiger partial charge in [-0.1, -0.05) is 23.4 Å². The Bertz CT molecular complexity index is 675. The summed E-state index contributed by atoms with van der Waals surface area (Å²) in [6, 6.07) is 2.80. The summed E-state index contributed by atoms with van der Waals surface area (Å²) in [4.78, 5) is 17.0. The summed E-state index contributed by atoms with van der Waals surface area (Å²) in [6.45, 7) is 1.37. The van der Waals surface area contributed by atoms with E-state index in [0.717, 1.165) is 18.3 Å². The molecule has 114 valence electrons. The predicted molar refractivity (Wildman–Crippen MR) is 81.6 cm³/mol. The highest BCUT2D eigenvalue weighted by Gasteiger charge is 2.15. The quantitative estimate of drug-likeness (QED) is 0.824. The molecule has 8 heteroatoms. The highest BCUT2D eigenvalue weighted by Crippen LogP contribution is 2.28. The van der Waals surface area contributed by atoms with Gasteiger partial charge in [-0.2, -0.15) is 0 Å². The molecule has 0 aliphatic rings. The molecule has 2 aromatic rings. The first-order valence-corrected chi connectivity index (χ1v) is 7.59. The number of hydrogen-bond donors (Lipinski definition) is 1. The van der Waals surface area contributed by atoms with Crippen LogP contribution in [-0.2, 0) is 11.3 Å². The summed E-state index contributed by atoms with van der Waals surface area (Å²) < 4.78 is 15.4. The van der Waals surface area contributed by atoms with Crippen molar-refractivity contribution in [3.8, 4) is 0 Å². The van der Waals surface area contributed by atoms with Crippen LogP contribution < -0.4 is 0 Å². The number of carbonyl (C=O) groups is 1. The predicted octanol–water partition coefficient (Wildman–Crippen LogP) is 2.57. The van der Waals surface area contributed by atoms with Crippen LogP contribution in [0.25, 0.3) is 11.0 Å². The lowest BCUT2D eigenvalue weighted by Gasteiger charge is -2.12. The van der Waals surface area contributed by atoms with Crippen LogP contribution in [0.5, 0.6) is 0 Å². The third-order valence-electron chi connectivity index (χ3n) is 2.85. The molecule has 0 saturated heterocycles. The van der Waals surface area contributed by atoms with Gasteiger partial charge in [0.15, 0.2) is 5.16 Å². The fraction of sp³-hybridized carbons (Fsp3) is 0.385. The van der Waals surface area contributed by atoms with Gasteiger partial charge in [-0.3, -0.25) is 4.79 Å². The average Bonchev–Trinajstić information content (AvgIpc) is 2.71. The minimum absolute atomic E-state index is 0.0308. The van der Waals surface area contributed by atoms with Crippen molar-refractivity contribution in [3.05, 3.63) is 23.0 Å². The summed E-state index contributed by atoms with van der Waals surface area (Å²) in [5, 5.41) is 9.38. The number of rotatable bonds is 6. The molecule has 1 aromatic heterocycles. The number of imidazole rings is 1. The van der Waals surface area contributed by atoms with E-state index in [1.807, 2.05) is 23.6 Å². The molecule has 0 saturated carbocycles. The second kappa shape index (κ2) is 6.64. The number of hydrogen-bond acceptors (Lipinski definition) is 4. The molecular formula is C13H15ClFN3O2S. The van der Waals surface area contributed by atoms with Crippen LogP contribution in [0.3, 0.4) is 0 Å². The van der Waals surface area contributed by atoms with Crippen LogP contribution in [0, 0.1) is 5.82 Å². The third kappa shape index (κ3) is 3.87. The van der Waals surface area contributed by atoms with E-state index in [1.54, 1.807) is 0 Å². The van der Waals surface area contributed by atoms with E-state index >= 15 is 0 Å². The Balaban J connectivity index is 2.43. The van der Waals surface area contributed by atoms with Crippen molar-refractivity contribution >= 4 is 40.4 Å². The fourth-order valence-electron chi connectivity index (χ4n) is 1.85. The minimum atomic E-state index is -0.921. The molecule has 21 heavy (non-hydrogen) atoms. The first-order chi connectivity index (χ1) is 9.88. The van der Waals surface area contributed by atoms with Gasteiger partial charge in [0, 0.05) is 19.2 Å². The number of halogens is 2. The molecule has 1 N–H and O–H groups in total. The number of aliphatic carboxylic acids is 1. The molecule has 0 radical (unpaired) electrons. The highest BCUT2D eigenvalue weighted by atomic mass is 35.5. The van der Waals surface area contributed by atoms with Crippen LogP contribution >= 0.6 is 23.4 Å². The van der Waals surface area contributed by atoms with Crippen molar-refractivity contribution in [3.63, 3.8) is 0 Å². The minimum Gasteiger partial charge on any atom is -0.481 e. The molecule has 1 heterocycles. The van der Waals surface area contributed by atoms with Crippen LogP contribution in [-0.4, -0.2) is 51.9 Å². The smallest absolute Gasteiger partial charge is 0.313 e. The molecule has 0 atom stereocenters. The number of nitrogens with zero attached hydrogens (tertiary/aromatic N) is 3. The molecule has 0 bridgehead atoms. The number of carboxylic acids is 1. The summed E-state index contributed by atoms with van der Waals surface area (Å²) in [5.41, 5.74) is 1.18. The Morgan fingerprint density at radius 1 is 1.52 bits per heavy atom. The van der Waals surface area contributed by atoms with Crippen molar-refractivity contribution in [2.45, 2.75) is 11.7 Å². The summed E-state index contributed by atoms with van der Waals surface area (Å²) >= 11 is 6.94. The van der Waals surface area contributed by atoms with Gasteiger partial charge in [0.2, 0.25) is 0 Å². The number of benzene rings is 1. The SMILES string of the molecule is CN(C)CCn1c(SCC(=O)O)nc2cc(F)c(Cl)cc21. The summed E-state index contributed by atoms with van der Waals surface area (Å²) in [5.74, 6) is -1.55. The van der Waals surface area contributed by atoms with Crippen molar-refractivity contribution in [2.24, 2.45) is 0 Å². The van der Waals surface area contributed by atoms with E-state index in [2.05, 4.69) is 4.98 Å². The van der Waals surface area contributed by atoms with Gasteiger partial charge in [0.25, 0.3) is 0 Å². The molecule has 2 rings (SSSR count). The Morgan fingerprint density at radius 2 is 2.24 bits per heavy atom. The van der Waals surface area contributed by atoms with Crippen molar-refractivity contribution in [1.82, 2.24) is 14.5 Å². The lowest BCUT2D eigenvalue weighted by atomic mass is 10.3. The Labute approximate surface area is 130 Å². The van der Waals surface area contributed by atoms with E-state index in [9.17, 15) is 9.18 Å². The Hall–Kier alpha value is -1.31. The standard InChI is InChI=1S/C13H15ClFN3O2S/c1-17(2)3-4-18-11-5-8(14)9(15)6-10(11)16-13(18)21-7-12(19)20/h5-6H,3-4,7H2,1-2H3,(H,19,20). The van der Waals surface area contributed by atoms with E-state index in [-0.39, 0.29) is 10.8 Å². The van der Waals surface area contributed by atoms with Crippen LogP contribution in [0.2, 0.25) is 5.02 Å². The maximum atomic E-state index is 13.5. The highest BCUT2D eigenvalue weighted by molar-refractivity contribution is 7.99. The first kappa shape index (κ1) is 16.1. The largest absolute Gasteiger partial charge is 0.481 e. The fourth-order valence-corrected chi connectivity index (χ4v) is 2.77. The lowest BCUT2D eigenvalue weighted by Crippen LogP contribution is -2.19. The van der Waals surface area contributed by atoms with Gasteiger partial charge in [0.1, 0.15) is 5.82 Å². The molecule has 0 aliphatic carbocycles. The van der Waals surface area contributed by atoms with Gasteiger partial charge in [-0.05, 0) is 20.2 Å². The van der Waals surface area contributed by atoms with Gasteiger partial charge in [-0.15, -0.1) is 0 Å². The van der Waals surface area contributed by atoms with Crippen LogP contribution in [0.1, 0.15) is 0 Å². The normalized spacial score (nSPS) is 11.5.